The number of para-hydroxylation sites is 2. The summed E-state index contributed by atoms with van der Waals surface area (Å²) in [4.78, 5) is 27.4. The van der Waals surface area contributed by atoms with Gasteiger partial charge in [-0.1, -0.05) is 24.3 Å². The van der Waals surface area contributed by atoms with E-state index in [2.05, 4.69) is 0 Å². The van der Waals surface area contributed by atoms with Gasteiger partial charge < -0.3 is 19.7 Å². The highest BCUT2D eigenvalue weighted by atomic mass is 19.1. The summed E-state index contributed by atoms with van der Waals surface area (Å²) in [5.41, 5.74) is 0.341. The van der Waals surface area contributed by atoms with E-state index >= 15 is 0 Å². The zero-order chi connectivity index (χ0) is 23.7. The van der Waals surface area contributed by atoms with E-state index < -0.39 is 29.3 Å². The van der Waals surface area contributed by atoms with Crippen molar-refractivity contribution in [2.75, 3.05) is 19.1 Å². The summed E-state index contributed by atoms with van der Waals surface area (Å²) in [6.07, 6.45) is 0. The molecule has 3 aromatic rings. The number of aliphatic hydroxyl groups excluding tert-OH is 1. The Morgan fingerprint density at radius 3 is 2.30 bits per heavy atom. The van der Waals surface area contributed by atoms with Gasteiger partial charge in [0.25, 0.3) is 11.7 Å². The lowest BCUT2D eigenvalue weighted by atomic mass is 9.94. The molecule has 3 aromatic carbocycles. The number of Topliss-reactive ketones (excluding diaryl/α,β-unsaturated/α-hetero) is 1. The van der Waals surface area contributed by atoms with E-state index in [-0.39, 0.29) is 28.3 Å². The highest BCUT2D eigenvalue weighted by molar-refractivity contribution is 6.52. The molecule has 0 aromatic heterocycles. The number of nitrogens with zero attached hydrogens (tertiary/aromatic N) is 1. The maximum Gasteiger partial charge on any atom is 0.300 e. The summed E-state index contributed by atoms with van der Waals surface area (Å²) in [5, 5.41) is 21.7. The zero-order valence-corrected chi connectivity index (χ0v) is 17.8. The van der Waals surface area contributed by atoms with Crippen LogP contribution in [0, 0.1) is 5.82 Å². The average Bonchev–Trinajstić information content (AvgIpc) is 3.09. The second kappa shape index (κ2) is 8.66. The third-order valence-corrected chi connectivity index (χ3v) is 5.43. The first-order chi connectivity index (χ1) is 15.9. The Hall–Kier alpha value is -4.33. The Bertz CT molecular complexity index is 1270. The Morgan fingerprint density at radius 1 is 0.970 bits per heavy atom. The molecule has 1 atom stereocenters. The van der Waals surface area contributed by atoms with Crippen LogP contribution in [0.2, 0.25) is 0 Å². The normalized spacial score (nSPS) is 17.3. The molecule has 4 rings (SSSR count). The number of aliphatic hydroxyl groups is 1. The van der Waals surface area contributed by atoms with Gasteiger partial charge in [0.2, 0.25) is 0 Å². The lowest BCUT2D eigenvalue weighted by Gasteiger charge is -2.26. The quantitative estimate of drug-likeness (QED) is 0.345. The number of hydrogen-bond donors (Lipinski definition) is 2. The van der Waals surface area contributed by atoms with Crippen LogP contribution in [-0.4, -0.2) is 36.1 Å². The third kappa shape index (κ3) is 3.76. The van der Waals surface area contributed by atoms with Gasteiger partial charge in [0.1, 0.15) is 28.8 Å². The molecule has 0 saturated carbocycles. The van der Waals surface area contributed by atoms with Crippen LogP contribution in [0.3, 0.4) is 0 Å². The van der Waals surface area contributed by atoms with Crippen LogP contribution in [-0.2, 0) is 9.59 Å². The second-order valence-electron chi connectivity index (χ2n) is 7.28. The SMILES string of the molecule is COc1ccc(OC)c(/C(O)=C2\C(=O)C(=O)N(c3ccccc3O)C2c2ccc(F)cc2)c1. The molecule has 168 valence electrons. The Balaban J connectivity index is 2.00. The van der Waals surface area contributed by atoms with Crippen LogP contribution >= 0.6 is 0 Å². The van der Waals surface area contributed by atoms with E-state index in [4.69, 9.17) is 9.47 Å². The molecule has 1 aliphatic rings. The number of carbonyl (C=O) groups is 2. The van der Waals surface area contributed by atoms with Crippen LogP contribution in [0.15, 0.2) is 72.3 Å². The molecular formula is C25H20FNO6. The fourth-order valence-corrected chi connectivity index (χ4v) is 3.85. The number of phenols is 1. The predicted octanol–water partition coefficient (Wildman–Crippen LogP) is 4.17. The van der Waals surface area contributed by atoms with E-state index in [1.54, 1.807) is 24.3 Å². The standard InChI is InChI=1S/C25H20FNO6/c1-32-16-11-12-20(33-2)17(13-16)23(29)21-22(14-7-9-15(26)10-8-14)27(25(31)24(21)30)18-5-3-4-6-19(18)28/h3-13,22,28-29H,1-2H3/b23-21+. The Morgan fingerprint density at radius 2 is 1.67 bits per heavy atom. The molecule has 33 heavy (non-hydrogen) atoms. The molecule has 8 heteroatoms. The number of benzene rings is 3. The fraction of sp³-hybridized carbons (Fsp3) is 0.120. The molecule has 0 aliphatic carbocycles. The number of anilines is 1. The van der Waals surface area contributed by atoms with Crippen molar-refractivity contribution in [2.45, 2.75) is 6.04 Å². The topological polar surface area (TPSA) is 96.3 Å². The van der Waals surface area contributed by atoms with Crippen molar-refractivity contribution < 1.29 is 33.7 Å². The van der Waals surface area contributed by atoms with Gasteiger partial charge in [0.05, 0.1) is 37.1 Å². The predicted molar refractivity (Wildman–Crippen MR) is 119 cm³/mol. The van der Waals surface area contributed by atoms with Crippen LogP contribution in [0.5, 0.6) is 17.2 Å². The Kier molecular flexibility index (Phi) is 5.74. The van der Waals surface area contributed by atoms with Crippen molar-refractivity contribution in [2.24, 2.45) is 0 Å². The van der Waals surface area contributed by atoms with Gasteiger partial charge >= 0.3 is 0 Å². The first kappa shape index (κ1) is 21.9. The monoisotopic (exact) mass is 449 g/mol. The van der Waals surface area contributed by atoms with Crippen molar-refractivity contribution in [3.05, 3.63) is 89.2 Å². The number of hydrogen-bond acceptors (Lipinski definition) is 6. The number of ether oxygens (including phenoxy) is 2. The lowest BCUT2D eigenvalue weighted by Crippen LogP contribution is -2.29. The van der Waals surface area contributed by atoms with Gasteiger partial charge in [-0.2, -0.15) is 0 Å². The number of ketones is 1. The van der Waals surface area contributed by atoms with Gasteiger partial charge in [0.15, 0.2) is 0 Å². The molecule has 7 nitrogen and oxygen atoms in total. The van der Waals surface area contributed by atoms with E-state index in [1.807, 2.05) is 0 Å². The summed E-state index contributed by atoms with van der Waals surface area (Å²) in [6, 6.07) is 14.7. The molecule has 1 unspecified atom stereocenters. The van der Waals surface area contributed by atoms with Crippen molar-refractivity contribution in [1.29, 1.82) is 0 Å². The molecule has 2 N–H and O–H groups in total. The smallest absolute Gasteiger partial charge is 0.300 e. The molecule has 0 spiro atoms. The summed E-state index contributed by atoms with van der Waals surface area (Å²) in [5.74, 6) is -2.50. The first-order valence-electron chi connectivity index (χ1n) is 9.94. The number of aromatic hydroxyl groups is 1. The van der Waals surface area contributed by atoms with Crippen molar-refractivity contribution in [3.63, 3.8) is 0 Å². The molecular weight excluding hydrogens is 429 g/mol. The van der Waals surface area contributed by atoms with Gasteiger partial charge in [-0.25, -0.2) is 4.39 Å². The molecule has 0 bridgehead atoms. The van der Waals surface area contributed by atoms with Crippen molar-refractivity contribution >= 4 is 23.1 Å². The molecule has 1 aliphatic heterocycles. The Labute approximate surface area is 188 Å². The largest absolute Gasteiger partial charge is 0.507 e. The minimum absolute atomic E-state index is 0.0746. The minimum Gasteiger partial charge on any atom is -0.507 e. The molecule has 0 radical (unpaired) electrons. The van der Waals surface area contributed by atoms with Gasteiger partial charge in [-0.05, 0) is 48.0 Å². The van der Waals surface area contributed by atoms with Crippen LogP contribution in [0.25, 0.3) is 5.76 Å². The average molecular weight is 449 g/mol. The lowest BCUT2D eigenvalue weighted by molar-refractivity contribution is -0.132. The van der Waals surface area contributed by atoms with Crippen molar-refractivity contribution in [1.82, 2.24) is 0 Å². The van der Waals surface area contributed by atoms with E-state index in [1.165, 1.54) is 56.7 Å². The summed E-state index contributed by atoms with van der Waals surface area (Å²) in [7, 11) is 2.85. The van der Waals surface area contributed by atoms with E-state index in [0.29, 0.717) is 11.3 Å². The summed E-state index contributed by atoms with van der Waals surface area (Å²) < 4.78 is 24.2. The highest BCUT2D eigenvalue weighted by Crippen LogP contribution is 2.45. The second-order valence-corrected chi connectivity index (χ2v) is 7.28. The number of amides is 1. The number of methoxy groups -OCH3 is 2. The molecule has 1 fully saturated rings. The molecule has 1 saturated heterocycles. The minimum atomic E-state index is -1.13. The van der Waals surface area contributed by atoms with Gasteiger partial charge in [0, 0.05) is 0 Å². The zero-order valence-electron chi connectivity index (χ0n) is 17.8. The third-order valence-electron chi connectivity index (χ3n) is 5.43. The molecule has 1 heterocycles. The number of rotatable bonds is 5. The van der Waals surface area contributed by atoms with Crippen LogP contribution < -0.4 is 14.4 Å². The van der Waals surface area contributed by atoms with Crippen molar-refractivity contribution in [3.8, 4) is 17.2 Å². The number of phenolic OH excluding ortho intramolecular Hbond substituents is 1. The van der Waals surface area contributed by atoms with Gasteiger partial charge in [-0.15, -0.1) is 0 Å². The first-order valence-corrected chi connectivity index (χ1v) is 9.94. The van der Waals surface area contributed by atoms with Crippen LogP contribution in [0.1, 0.15) is 17.2 Å². The van der Waals surface area contributed by atoms with Gasteiger partial charge in [-0.3, -0.25) is 14.5 Å². The summed E-state index contributed by atoms with van der Waals surface area (Å²) in [6.45, 7) is 0. The fourth-order valence-electron chi connectivity index (χ4n) is 3.85. The van der Waals surface area contributed by atoms with Crippen LogP contribution in [0.4, 0.5) is 10.1 Å². The maximum absolute atomic E-state index is 13.6. The highest BCUT2D eigenvalue weighted by Gasteiger charge is 2.48. The maximum atomic E-state index is 13.6. The number of halogens is 1. The number of carbonyl (C=O) groups excluding carboxylic acids is 2. The van der Waals surface area contributed by atoms with E-state index in [9.17, 15) is 24.2 Å². The summed E-state index contributed by atoms with van der Waals surface area (Å²) >= 11 is 0. The van der Waals surface area contributed by atoms with E-state index in [0.717, 1.165) is 4.90 Å². The molecule has 1 amide bonds.